The predicted octanol–water partition coefficient (Wildman–Crippen LogP) is -2.32. The van der Waals surface area contributed by atoms with Crippen molar-refractivity contribution in [2.24, 2.45) is 0 Å². The summed E-state index contributed by atoms with van der Waals surface area (Å²) < 4.78 is 10.7. The second kappa shape index (κ2) is 4.98. The molecule has 1 aliphatic heterocycles. The Morgan fingerprint density at radius 3 is 2.83 bits per heavy atom. The van der Waals surface area contributed by atoms with E-state index < -0.39 is 37.1 Å². The van der Waals surface area contributed by atoms with Crippen molar-refractivity contribution >= 4 is 5.97 Å². The van der Waals surface area contributed by atoms with Gasteiger partial charge in [-0.15, -0.1) is 5.10 Å². The average molecular weight is 259 g/mol. The summed E-state index contributed by atoms with van der Waals surface area (Å²) in [7, 11) is 1.19. The van der Waals surface area contributed by atoms with E-state index in [4.69, 9.17) is 9.84 Å². The Bertz CT molecular complexity index is 436. The fraction of sp³-hybridized carbons (Fsp3) is 0.667. The van der Waals surface area contributed by atoms with E-state index >= 15 is 0 Å². The van der Waals surface area contributed by atoms with Gasteiger partial charge in [0.1, 0.15) is 24.6 Å². The first-order valence-electron chi connectivity index (χ1n) is 5.20. The van der Waals surface area contributed by atoms with Crippen molar-refractivity contribution in [2.45, 2.75) is 24.5 Å². The van der Waals surface area contributed by atoms with Crippen molar-refractivity contribution in [2.75, 3.05) is 13.7 Å². The largest absolute Gasteiger partial charge is 0.463 e. The minimum Gasteiger partial charge on any atom is -0.463 e. The third kappa shape index (κ3) is 2.08. The Kier molecular flexibility index (Phi) is 3.57. The number of aromatic nitrogens is 3. The molecule has 0 spiro atoms. The molecule has 100 valence electrons. The second-order valence-electron chi connectivity index (χ2n) is 3.77. The van der Waals surface area contributed by atoms with Crippen LogP contribution in [0.25, 0.3) is 0 Å². The Morgan fingerprint density at radius 2 is 2.28 bits per heavy atom. The van der Waals surface area contributed by atoms with Gasteiger partial charge in [-0.2, -0.15) is 0 Å². The number of carbonyl (C=O) groups is 1. The molecule has 18 heavy (non-hydrogen) atoms. The molecule has 4 atom stereocenters. The van der Waals surface area contributed by atoms with E-state index in [9.17, 15) is 15.0 Å². The average Bonchev–Trinajstić information content (AvgIpc) is 2.96. The van der Waals surface area contributed by atoms with Gasteiger partial charge in [-0.05, 0) is 0 Å². The third-order valence-electron chi connectivity index (χ3n) is 2.65. The highest BCUT2D eigenvalue weighted by molar-refractivity contribution is 5.84. The smallest absolute Gasteiger partial charge is 0.377 e. The predicted molar refractivity (Wildman–Crippen MR) is 54.4 cm³/mol. The minimum atomic E-state index is -1.27. The van der Waals surface area contributed by atoms with Crippen LogP contribution < -0.4 is 0 Å². The highest BCUT2D eigenvalue weighted by Gasteiger charge is 2.44. The third-order valence-corrected chi connectivity index (χ3v) is 2.65. The summed E-state index contributed by atoms with van der Waals surface area (Å²) in [5.41, 5.74) is 0. The molecular formula is C9H13N3O6. The van der Waals surface area contributed by atoms with E-state index in [0.29, 0.717) is 0 Å². The number of ether oxygens (including phenoxy) is 2. The summed E-state index contributed by atoms with van der Waals surface area (Å²) >= 11 is 0. The van der Waals surface area contributed by atoms with Crippen LogP contribution in [0.3, 0.4) is 0 Å². The number of aliphatic hydroxyl groups is 3. The lowest BCUT2D eigenvalue weighted by Gasteiger charge is -2.13. The number of rotatable bonds is 3. The van der Waals surface area contributed by atoms with Gasteiger partial charge in [0, 0.05) is 0 Å². The van der Waals surface area contributed by atoms with Crippen LogP contribution in [0, 0.1) is 0 Å². The topological polar surface area (TPSA) is 127 Å². The molecule has 0 unspecified atom stereocenters. The molecule has 0 amide bonds. The molecule has 1 aromatic rings. The molecule has 0 aromatic carbocycles. The summed E-state index contributed by atoms with van der Waals surface area (Å²) in [6.07, 6.45) is -3.24. The van der Waals surface area contributed by atoms with Crippen LogP contribution in [0.15, 0.2) is 6.33 Å². The summed E-state index contributed by atoms with van der Waals surface area (Å²) in [6, 6.07) is 0. The van der Waals surface area contributed by atoms with Gasteiger partial charge in [-0.1, -0.05) is 0 Å². The van der Waals surface area contributed by atoms with Crippen molar-refractivity contribution in [3.63, 3.8) is 0 Å². The molecule has 9 heteroatoms. The molecule has 0 radical (unpaired) electrons. The van der Waals surface area contributed by atoms with Crippen molar-refractivity contribution in [3.8, 4) is 0 Å². The molecule has 9 nitrogen and oxygen atoms in total. The van der Waals surface area contributed by atoms with E-state index in [1.54, 1.807) is 0 Å². The maximum atomic E-state index is 11.2. The first-order valence-corrected chi connectivity index (χ1v) is 5.20. The molecule has 1 aromatic heterocycles. The molecular weight excluding hydrogens is 246 g/mol. The first kappa shape index (κ1) is 12.9. The zero-order valence-corrected chi connectivity index (χ0v) is 9.50. The highest BCUT2D eigenvalue weighted by Crippen LogP contribution is 2.28. The van der Waals surface area contributed by atoms with Gasteiger partial charge in [0.05, 0.1) is 13.7 Å². The van der Waals surface area contributed by atoms with Crippen LogP contribution in [0.1, 0.15) is 16.8 Å². The standard InChI is InChI=1S/C9H13N3O6/c1-17-9(16)7-10-3-12(11-7)8-6(15)5(14)4(2-13)18-8/h3-6,8,13-15H,2H2,1H3/t4-,5-,6+,8-/m1/s1. The second-order valence-corrected chi connectivity index (χ2v) is 3.77. The molecule has 1 saturated heterocycles. The summed E-state index contributed by atoms with van der Waals surface area (Å²) in [5.74, 6) is -0.907. The SMILES string of the molecule is COC(=O)c1ncn([C@@H]2O[C@H](CO)[C@@H](O)[C@@H]2O)n1. The van der Waals surface area contributed by atoms with Gasteiger partial charge in [0.2, 0.25) is 0 Å². The van der Waals surface area contributed by atoms with Crippen LogP contribution in [-0.4, -0.2) is 68.1 Å². The number of esters is 1. The number of aliphatic hydroxyl groups excluding tert-OH is 3. The fourth-order valence-corrected chi connectivity index (χ4v) is 1.68. The zero-order chi connectivity index (χ0) is 13.3. The van der Waals surface area contributed by atoms with Gasteiger partial charge in [-0.25, -0.2) is 14.5 Å². The van der Waals surface area contributed by atoms with Gasteiger partial charge in [0.25, 0.3) is 5.82 Å². The van der Waals surface area contributed by atoms with E-state index in [-0.39, 0.29) is 5.82 Å². The van der Waals surface area contributed by atoms with E-state index in [0.717, 1.165) is 4.68 Å². The Hall–Kier alpha value is -1.55. The Morgan fingerprint density at radius 1 is 1.56 bits per heavy atom. The van der Waals surface area contributed by atoms with Crippen molar-refractivity contribution in [1.29, 1.82) is 0 Å². The van der Waals surface area contributed by atoms with E-state index in [2.05, 4.69) is 14.8 Å². The van der Waals surface area contributed by atoms with Gasteiger partial charge in [0.15, 0.2) is 6.23 Å². The Balaban J connectivity index is 2.17. The van der Waals surface area contributed by atoms with Crippen molar-refractivity contribution in [1.82, 2.24) is 14.8 Å². The minimum absolute atomic E-state index is 0.185. The number of carbonyl (C=O) groups excluding carboxylic acids is 1. The lowest BCUT2D eigenvalue weighted by molar-refractivity contribution is -0.0589. The molecule has 2 rings (SSSR count). The lowest BCUT2D eigenvalue weighted by atomic mass is 10.1. The van der Waals surface area contributed by atoms with Crippen LogP contribution in [0.2, 0.25) is 0 Å². The number of methoxy groups -OCH3 is 1. The van der Waals surface area contributed by atoms with Crippen molar-refractivity contribution < 1.29 is 29.6 Å². The molecule has 2 heterocycles. The van der Waals surface area contributed by atoms with Gasteiger partial charge in [-0.3, -0.25) is 0 Å². The van der Waals surface area contributed by atoms with Gasteiger partial charge < -0.3 is 24.8 Å². The quantitative estimate of drug-likeness (QED) is 0.516. The fourth-order valence-electron chi connectivity index (χ4n) is 1.68. The molecule has 1 aliphatic rings. The summed E-state index contributed by atoms with van der Waals surface area (Å²) in [5, 5.41) is 32.0. The molecule has 0 bridgehead atoms. The van der Waals surface area contributed by atoms with Crippen LogP contribution in [0.4, 0.5) is 0 Å². The van der Waals surface area contributed by atoms with E-state index in [1.165, 1.54) is 13.4 Å². The molecule has 1 fully saturated rings. The molecule has 0 saturated carbocycles. The maximum Gasteiger partial charge on any atom is 0.377 e. The zero-order valence-electron chi connectivity index (χ0n) is 9.50. The first-order chi connectivity index (χ1) is 8.58. The van der Waals surface area contributed by atoms with Gasteiger partial charge >= 0.3 is 5.97 Å². The lowest BCUT2D eigenvalue weighted by Crippen LogP contribution is -2.33. The number of hydrogen-bond donors (Lipinski definition) is 3. The monoisotopic (exact) mass is 259 g/mol. The number of hydrogen-bond acceptors (Lipinski definition) is 8. The van der Waals surface area contributed by atoms with Crippen LogP contribution in [0.5, 0.6) is 0 Å². The summed E-state index contributed by atoms with van der Waals surface area (Å²) in [4.78, 5) is 14.8. The summed E-state index contributed by atoms with van der Waals surface area (Å²) in [6.45, 7) is -0.437. The van der Waals surface area contributed by atoms with Crippen molar-refractivity contribution in [3.05, 3.63) is 12.2 Å². The number of nitrogens with zero attached hydrogens (tertiary/aromatic N) is 3. The highest BCUT2D eigenvalue weighted by atomic mass is 16.6. The molecule has 3 N–H and O–H groups in total. The normalized spacial score (nSPS) is 31.6. The van der Waals surface area contributed by atoms with Crippen LogP contribution in [-0.2, 0) is 9.47 Å². The Labute approximate surface area is 102 Å². The maximum absolute atomic E-state index is 11.2. The van der Waals surface area contributed by atoms with Crippen LogP contribution >= 0.6 is 0 Å². The molecule has 0 aliphatic carbocycles. The van der Waals surface area contributed by atoms with E-state index in [1.807, 2.05) is 0 Å².